The fraction of sp³-hybridized carbons (Fsp3) is 0.500. The van der Waals surface area contributed by atoms with Crippen LogP contribution in [0, 0.1) is 5.92 Å². The molecule has 1 aliphatic carbocycles. The van der Waals surface area contributed by atoms with Crippen LogP contribution in [-0.4, -0.2) is 53.6 Å². The Balaban J connectivity index is 1.33. The number of carbonyl (C=O) groups excluding carboxylic acids is 1. The summed E-state index contributed by atoms with van der Waals surface area (Å²) in [4.78, 5) is 25.5. The largest absolute Gasteiger partial charge is 0.478 e. The van der Waals surface area contributed by atoms with Gasteiger partial charge in [-0.1, -0.05) is 0 Å². The molecule has 0 unspecified atom stereocenters. The molecule has 2 aromatic heterocycles. The van der Waals surface area contributed by atoms with Crippen LogP contribution in [0.15, 0.2) is 35.1 Å². The van der Waals surface area contributed by atoms with Gasteiger partial charge in [-0.2, -0.15) is 4.98 Å². The summed E-state index contributed by atoms with van der Waals surface area (Å²) in [5.41, 5.74) is 0. The highest BCUT2D eigenvalue weighted by Gasteiger charge is 2.47. The van der Waals surface area contributed by atoms with Crippen molar-refractivity contribution in [2.75, 3.05) is 37.7 Å². The summed E-state index contributed by atoms with van der Waals surface area (Å²) in [6, 6.07) is 5.59. The molecule has 25 heavy (non-hydrogen) atoms. The van der Waals surface area contributed by atoms with Crippen molar-refractivity contribution >= 4 is 11.9 Å². The molecule has 1 aliphatic heterocycles. The molecule has 2 fully saturated rings. The molecule has 3 heterocycles. The van der Waals surface area contributed by atoms with E-state index < -0.39 is 0 Å². The third kappa shape index (κ3) is 3.31. The van der Waals surface area contributed by atoms with E-state index in [9.17, 15) is 4.79 Å². The summed E-state index contributed by atoms with van der Waals surface area (Å²) in [5.74, 6) is 2.76. The third-order valence-electron chi connectivity index (χ3n) is 4.80. The summed E-state index contributed by atoms with van der Waals surface area (Å²) in [7, 11) is 0. The summed E-state index contributed by atoms with van der Waals surface area (Å²) >= 11 is 0. The minimum absolute atomic E-state index is 0.0789. The molecule has 4 rings (SSSR count). The average molecular weight is 342 g/mol. The number of hydrogen-bond donors (Lipinski definition) is 0. The maximum Gasteiger partial charge on any atom is 0.228 e. The fourth-order valence-electron chi connectivity index (χ4n) is 3.36. The second-order valence-electron chi connectivity index (χ2n) is 6.40. The minimum atomic E-state index is 0.0789. The lowest BCUT2D eigenvalue weighted by atomic mass is 10.2. The molecule has 132 valence electrons. The predicted molar refractivity (Wildman–Crippen MR) is 91.6 cm³/mol. The summed E-state index contributed by atoms with van der Waals surface area (Å²) < 4.78 is 10.9. The number of hydrogen-bond acceptors (Lipinski definition) is 6. The molecule has 7 nitrogen and oxygen atoms in total. The van der Waals surface area contributed by atoms with E-state index in [1.54, 1.807) is 18.5 Å². The molecule has 0 bridgehead atoms. The van der Waals surface area contributed by atoms with E-state index in [1.807, 2.05) is 24.0 Å². The first kappa shape index (κ1) is 15.9. The lowest BCUT2D eigenvalue weighted by Gasteiger charge is -2.35. The van der Waals surface area contributed by atoms with Crippen molar-refractivity contribution in [3.63, 3.8) is 0 Å². The zero-order valence-corrected chi connectivity index (χ0v) is 14.3. The lowest BCUT2D eigenvalue weighted by molar-refractivity contribution is -0.133. The Morgan fingerprint density at radius 1 is 1.32 bits per heavy atom. The molecule has 1 amide bonds. The third-order valence-corrected chi connectivity index (χ3v) is 4.80. The van der Waals surface area contributed by atoms with E-state index >= 15 is 0 Å². The van der Waals surface area contributed by atoms with Gasteiger partial charge in [-0.05, 0) is 25.5 Å². The Morgan fingerprint density at radius 2 is 2.16 bits per heavy atom. The van der Waals surface area contributed by atoms with Gasteiger partial charge in [0.05, 0.1) is 12.9 Å². The van der Waals surface area contributed by atoms with Crippen molar-refractivity contribution in [1.29, 1.82) is 0 Å². The predicted octanol–water partition coefficient (Wildman–Crippen LogP) is 1.92. The van der Waals surface area contributed by atoms with Crippen molar-refractivity contribution in [3.8, 4) is 5.88 Å². The van der Waals surface area contributed by atoms with E-state index in [0.717, 1.165) is 25.3 Å². The second-order valence-corrected chi connectivity index (χ2v) is 6.40. The summed E-state index contributed by atoms with van der Waals surface area (Å²) in [6.07, 6.45) is 4.28. The van der Waals surface area contributed by atoms with Crippen molar-refractivity contribution in [2.45, 2.75) is 19.3 Å². The number of amides is 1. The highest BCUT2D eigenvalue weighted by Crippen LogP contribution is 2.48. The van der Waals surface area contributed by atoms with Gasteiger partial charge in [0.25, 0.3) is 0 Å². The van der Waals surface area contributed by atoms with E-state index in [0.29, 0.717) is 31.5 Å². The number of piperazine rings is 1. The van der Waals surface area contributed by atoms with Gasteiger partial charge < -0.3 is 19.0 Å². The van der Waals surface area contributed by atoms with Crippen molar-refractivity contribution in [2.24, 2.45) is 5.92 Å². The van der Waals surface area contributed by atoms with Crippen molar-refractivity contribution < 1.29 is 13.9 Å². The Hall–Kier alpha value is -2.57. The molecule has 2 aliphatic rings. The van der Waals surface area contributed by atoms with Gasteiger partial charge >= 0.3 is 0 Å². The lowest BCUT2D eigenvalue weighted by Crippen LogP contribution is -2.49. The maximum atomic E-state index is 12.7. The Labute approximate surface area is 146 Å². The van der Waals surface area contributed by atoms with Crippen LogP contribution in [0.25, 0.3) is 0 Å². The standard InChI is InChI=1S/C18H22N4O3/c1-2-24-16-5-6-19-18(20-16)22-9-7-21(8-10-22)17(23)14-12-13(14)15-4-3-11-25-15/h3-6,11,13-14H,2,7-10,12H2,1H3/t13-,14-/m1/s1. The van der Waals surface area contributed by atoms with Gasteiger partial charge in [0.2, 0.25) is 17.7 Å². The second kappa shape index (κ2) is 6.74. The quantitative estimate of drug-likeness (QED) is 0.827. The van der Waals surface area contributed by atoms with E-state index in [1.165, 1.54) is 0 Å². The molecule has 7 heteroatoms. The van der Waals surface area contributed by atoms with E-state index in [-0.39, 0.29) is 17.7 Å². The van der Waals surface area contributed by atoms with Crippen LogP contribution in [0.1, 0.15) is 25.0 Å². The molecular formula is C18H22N4O3. The molecule has 2 atom stereocenters. The monoisotopic (exact) mass is 342 g/mol. The van der Waals surface area contributed by atoms with Crippen LogP contribution >= 0.6 is 0 Å². The normalized spacial score (nSPS) is 22.8. The van der Waals surface area contributed by atoms with Crippen LogP contribution in [0.5, 0.6) is 5.88 Å². The molecule has 1 saturated heterocycles. The number of carbonyl (C=O) groups is 1. The molecule has 0 N–H and O–H groups in total. The molecule has 0 radical (unpaired) electrons. The van der Waals surface area contributed by atoms with Gasteiger partial charge in [-0.25, -0.2) is 4.98 Å². The number of ether oxygens (including phenoxy) is 1. The van der Waals surface area contributed by atoms with Crippen LogP contribution in [0.3, 0.4) is 0 Å². The Morgan fingerprint density at radius 3 is 2.88 bits per heavy atom. The number of rotatable bonds is 5. The minimum Gasteiger partial charge on any atom is -0.478 e. The van der Waals surface area contributed by atoms with Crippen molar-refractivity contribution in [3.05, 3.63) is 36.4 Å². The first-order valence-electron chi connectivity index (χ1n) is 8.79. The van der Waals surface area contributed by atoms with Gasteiger partial charge in [0, 0.05) is 50.3 Å². The number of furan rings is 1. The number of anilines is 1. The summed E-state index contributed by atoms with van der Waals surface area (Å²) in [6.45, 7) is 5.38. The van der Waals surface area contributed by atoms with Gasteiger partial charge in [0.15, 0.2) is 0 Å². The SMILES string of the molecule is CCOc1ccnc(N2CCN(C(=O)[C@@H]3C[C@H]3c3ccco3)CC2)n1. The van der Waals surface area contributed by atoms with Gasteiger partial charge in [-0.15, -0.1) is 0 Å². The van der Waals surface area contributed by atoms with E-state index in [4.69, 9.17) is 9.15 Å². The smallest absolute Gasteiger partial charge is 0.228 e. The van der Waals surface area contributed by atoms with Crippen LogP contribution in [-0.2, 0) is 4.79 Å². The van der Waals surface area contributed by atoms with E-state index in [2.05, 4.69) is 14.9 Å². The maximum absolute atomic E-state index is 12.7. The highest BCUT2D eigenvalue weighted by atomic mass is 16.5. The molecular weight excluding hydrogens is 320 g/mol. The zero-order valence-electron chi connectivity index (χ0n) is 14.3. The van der Waals surface area contributed by atoms with Crippen LogP contribution in [0.2, 0.25) is 0 Å². The molecule has 2 aromatic rings. The summed E-state index contributed by atoms with van der Waals surface area (Å²) in [5, 5.41) is 0. The molecule has 1 saturated carbocycles. The number of nitrogens with zero attached hydrogens (tertiary/aromatic N) is 4. The Bertz CT molecular complexity index is 726. The van der Waals surface area contributed by atoms with Gasteiger partial charge in [0.1, 0.15) is 5.76 Å². The first-order valence-corrected chi connectivity index (χ1v) is 8.79. The topological polar surface area (TPSA) is 71.7 Å². The highest BCUT2D eigenvalue weighted by molar-refractivity contribution is 5.83. The average Bonchev–Trinajstić information content (AvgIpc) is 3.26. The van der Waals surface area contributed by atoms with Crippen molar-refractivity contribution in [1.82, 2.24) is 14.9 Å². The zero-order chi connectivity index (χ0) is 17.2. The fourth-order valence-corrected chi connectivity index (χ4v) is 3.36. The first-order chi connectivity index (χ1) is 12.3. The number of aromatic nitrogens is 2. The van der Waals surface area contributed by atoms with Gasteiger partial charge in [-0.3, -0.25) is 4.79 Å². The van der Waals surface area contributed by atoms with Crippen LogP contribution in [0.4, 0.5) is 5.95 Å². The molecule has 0 spiro atoms. The molecule has 0 aromatic carbocycles. The Kier molecular flexibility index (Phi) is 4.29. The van der Waals surface area contributed by atoms with Crippen LogP contribution < -0.4 is 9.64 Å².